The largest absolute Gasteiger partial charge is 0.469 e. The molecule has 0 saturated carbocycles. The second kappa shape index (κ2) is 5.25. The number of thiazole rings is 1. The molecule has 1 aromatic carbocycles. The number of carbonyl (C=O) groups excluding carboxylic acids is 1. The quantitative estimate of drug-likeness (QED) is 0.814. The van der Waals surface area contributed by atoms with Gasteiger partial charge in [0, 0.05) is 35.4 Å². The lowest BCUT2D eigenvalue weighted by Crippen LogP contribution is -2.50. The van der Waals surface area contributed by atoms with Crippen molar-refractivity contribution >= 4 is 23.0 Å². The number of rotatable bonds is 3. The van der Waals surface area contributed by atoms with Crippen LogP contribution < -0.4 is 4.90 Å². The van der Waals surface area contributed by atoms with E-state index in [0.29, 0.717) is 0 Å². The Bertz CT molecular complexity index is 615. The fourth-order valence-electron chi connectivity index (χ4n) is 2.31. The van der Waals surface area contributed by atoms with Gasteiger partial charge >= 0.3 is 5.97 Å². The molecule has 4 nitrogen and oxygen atoms in total. The first-order chi connectivity index (χ1) is 9.67. The third-order valence-electron chi connectivity index (χ3n) is 3.51. The third kappa shape index (κ3) is 2.41. The van der Waals surface area contributed by atoms with Gasteiger partial charge in [-0.1, -0.05) is 0 Å². The number of hydrogen-bond acceptors (Lipinski definition) is 5. The van der Waals surface area contributed by atoms with Crippen LogP contribution in [0.2, 0.25) is 0 Å². The van der Waals surface area contributed by atoms with Crippen LogP contribution >= 0.6 is 11.3 Å². The standard InChI is InChI=1S/C15H16N2O2S/c1-10-9-20-14(16-10)11-3-5-13(6-4-11)17-7-12(8-17)15(18)19-2/h3-6,9,12H,7-8H2,1-2H3. The molecule has 0 bridgehead atoms. The van der Waals surface area contributed by atoms with Crippen molar-refractivity contribution in [3.05, 3.63) is 35.3 Å². The topological polar surface area (TPSA) is 42.4 Å². The Hall–Kier alpha value is -1.88. The molecular formula is C15H16N2O2S. The van der Waals surface area contributed by atoms with E-state index in [9.17, 15) is 4.79 Å². The van der Waals surface area contributed by atoms with Crippen molar-refractivity contribution in [1.29, 1.82) is 0 Å². The summed E-state index contributed by atoms with van der Waals surface area (Å²) in [6, 6.07) is 8.33. The molecule has 2 heterocycles. The maximum atomic E-state index is 11.4. The van der Waals surface area contributed by atoms with Gasteiger partial charge in [-0.3, -0.25) is 4.79 Å². The van der Waals surface area contributed by atoms with E-state index in [0.717, 1.165) is 35.0 Å². The minimum Gasteiger partial charge on any atom is -0.469 e. The van der Waals surface area contributed by atoms with Crippen LogP contribution in [0.3, 0.4) is 0 Å². The number of hydrogen-bond donors (Lipinski definition) is 0. The Balaban J connectivity index is 1.67. The van der Waals surface area contributed by atoms with Gasteiger partial charge in [-0.25, -0.2) is 4.98 Å². The molecule has 104 valence electrons. The monoisotopic (exact) mass is 288 g/mol. The highest BCUT2D eigenvalue weighted by atomic mass is 32.1. The third-order valence-corrected chi connectivity index (χ3v) is 4.52. The number of methoxy groups -OCH3 is 1. The Labute approximate surface area is 122 Å². The van der Waals surface area contributed by atoms with E-state index < -0.39 is 0 Å². The molecular weight excluding hydrogens is 272 g/mol. The Morgan fingerprint density at radius 1 is 1.35 bits per heavy atom. The van der Waals surface area contributed by atoms with Crippen molar-refractivity contribution in [2.24, 2.45) is 5.92 Å². The van der Waals surface area contributed by atoms with Crippen molar-refractivity contribution in [2.75, 3.05) is 25.1 Å². The van der Waals surface area contributed by atoms with E-state index >= 15 is 0 Å². The van der Waals surface area contributed by atoms with Crippen LogP contribution in [0, 0.1) is 12.8 Å². The normalized spacial score (nSPS) is 15.0. The summed E-state index contributed by atoms with van der Waals surface area (Å²) in [5.74, 6) is -0.0996. The van der Waals surface area contributed by atoms with Gasteiger partial charge in [-0.2, -0.15) is 0 Å². The van der Waals surface area contributed by atoms with E-state index in [2.05, 4.69) is 39.5 Å². The van der Waals surface area contributed by atoms with E-state index in [-0.39, 0.29) is 11.9 Å². The highest BCUT2D eigenvalue weighted by Crippen LogP contribution is 2.29. The van der Waals surface area contributed by atoms with Crippen LogP contribution in [0.5, 0.6) is 0 Å². The van der Waals surface area contributed by atoms with E-state index in [1.165, 1.54) is 7.11 Å². The van der Waals surface area contributed by atoms with Crippen molar-refractivity contribution in [3.63, 3.8) is 0 Å². The van der Waals surface area contributed by atoms with Crippen molar-refractivity contribution in [1.82, 2.24) is 4.98 Å². The molecule has 5 heteroatoms. The van der Waals surface area contributed by atoms with E-state index in [1.54, 1.807) is 11.3 Å². The zero-order chi connectivity index (χ0) is 14.1. The summed E-state index contributed by atoms with van der Waals surface area (Å²) in [6.07, 6.45) is 0. The van der Waals surface area contributed by atoms with Crippen LogP contribution in [-0.2, 0) is 9.53 Å². The summed E-state index contributed by atoms with van der Waals surface area (Å²) in [5.41, 5.74) is 3.33. The molecule has 1 aliphatic rings. The number of benzene rings is 1. The number of aryl methyl sites for hydroxylation is 1. The van der Waals surface area contributed by atoms with Crippen LogP contribution in [0.1, 0.15) is 5.69 Å². The van der Waals surface area contributed by atoms with E-state index in [1.807, 2.05) is 6.92 Å². The molecule has 0 spiro atoms. The summed E-state index contributed by atoms with van der Waals surface area (Å²) >= 11 is 1.66. The highest BCUT2D eigenvalue weighted by Gasteiger charge is 2.33. The summed E-state index contributed by atoms with van der Waals surface area (Å²) in [5, 5.41) is 3.10. The lowest BCUT2D eigenvalue weighted by molar-refractivity contribution is -0.146. The molecule has 0 radical (unpaired) electrons. The number of aromatic nitrogens is 1. The maximum absolute atomic E-state index is 11.4. The van der Waals surface area contributed by atoms with Crippen LogP contribution in [0.4, 0.5) is 5.69 Å². The number of esters is 1. The first-order valence-electron chi connectivity index (χ1n) is 6.52. The maximum Gasteiger partial charge on any atom is 0.312 e. The molecule has 20 heavy (non-hydrogen) atoms. The zero-order valence-electron chi connectivity index (χ0n) is 11.5. The molecule has 1 saturated heterocycles. The molecule has 0 aliphatic carbocycles. The van der Waals surface area contributed by atoms with Gasteiger partial charge < -0.3 is 9.64 Å². The van der Waals surface area contributed by atoms with Gasteiger partial charge in [-0.15, -0.1) is 11.3 Å². The van der Waals surface area contributed by atoms with Gasteiger partial charge in [-0.05, 0) is 31.2 Å². The summed E-state index contributed by atoms with van der Waals surface area (Å²) in [6.45, 7) is 3.48. The predicted octanol–water partition coefficient (Wildman–Crippen LogP) is 2.73. The highest BCUT2D eigenvalue weighted by molar-refractivity contribution is 7.13. The number of nitrogens with zero attached hydrogens (tertiary/aromatic N) is 2. The fourth-order valence-corrected chi connectivity index (χ4v) is 3.11. The molecule has 3 rings (SSSR count). The number of anilines is 1. The fraction of sp³-hybridized carbons (Fsp3) is 0.333. The van der Waals surface area contributed by atoms with Crippen molar-refractivity contribution < 1.29 is 9.53 Å². The summed E-state index contributed by atoms with van der Waals surface area (Å²) in [4.78, 5) is 18.0. The predicted molar refractivity (Wildman–Crippen MR) is 80.0 cm³/mol. The first-order valence-corrected chi connectivity index (χ1v) is 7.40. The average molecular weight is 288 g/mol. The second-order valence-corrected chi connectivity index (χ2v) is 5.82. The molecule has 2 aromatic rings. The molecule has 0 unspecified atom stereocenters. The minimum atomic E-state index is -0.115. The second-order valence-electron chi connectivity index (χ2n) is 4.97. The average Bonchev–Trinajstić information content (AvgIpc) is 2.84. The molecule has 0 N–H and O–H groups in total. The van der Waals surface area contributed by atoms with Gasteiger partial charge in [0.05, 0.1) is 13.0 Å². The van der Waals surface area contributed by atoms with Crippen LogP contribution in [-0.4, -0.2) is 31.2 Å². The number of ether oxygens (including phenoxy) is 1. The molecule has 0 amide bonds. The Kier molecular flexibility index (Phi) is 3.44. The van der Waals surface area contributed by atoms with Gasteiger partial charge in [0.15, 0.2) is 0 Å². The van der Waals surface area contributed by atoms with E-state index in [4.69, 9.17) is 4.74 Å². The smallest absolute Gasteiger partial charge is 0.312 e. The first kappa shape index (κ1) is 13.1. The van der Waals surface area contributed by atoms with Gasteiger partial charge in [0.25, 0.3) is 0 Å². The van der Waals surface area contributed by atoms with Crippen molar-refractivity contribution in [3.8, 4) is 10.6 Å². The molecule has 1 fully saturated rings. The van der Waals surface area contributed by atoms with Gasteiger partial charge in [0.1, 0.15) is 5.01 Å². The SMILES string of the molecule is COC(=O)C1CN(c2ccc(-c3nc(C)cs3)cc2)C1. The summed E-state index contributed by atoms with van der Waals surface area (Å²) < 4.78 is 4.75. The van der Waals surface area contributed by atoms with Crippen LogP contribution in [0.15, 0.2) is 29.6 Å². The molecule has 1 aromatic heterocycles. The number of carbonyl (C=O) groups is 1. The minimum absolute atomic E-state index is 0.0151. The lowest BCUT2D eigenvalue weighted by Gasteiger charge is -2.39. The zero-order valence-corrected chi connectivity index (χ0v) is 12.3. The lowest BCUT2D eigenvalue weighted by atomic mass is 9.99. The van der Waals surface area contributed by atoms with Gasteiger partial charge in [0.2, 0.25) is 0 Å². The summed E-state index contributed by atoms with van der Waals surface area (Å²) in [7, 11) is 1.44. The molecule has 1 aliphatic heterocycles. The van der Waals surface area contributed by atoms with Crippen LogP contribution in [0.25, 0.3) is 10.6 Å². The Morgan fingerprint density at radius 3 is 2.60 bits per heavy atom. The van der Waals surface area contributed by atoms with Crippen molar-refractivity contribution in [2.45, 2.75) is 6.92 Å². The molecule has 0 atom stereocenters. The Morgan fingerprint density at radius 2 is 2.05 bits per heavy atom.